The molecule has 0 fully saturated rings. The molecule has 2 N–H and O–H groups in total. The molecule has 34 heavy (non-hydrogen) atoms. The lowest BCUT2D eigenvalue weighted by atomic mass is 9.72. The fourth-order valence-corrected chi connectivity index (χ4v) is 5.05. The number of hydrogen-bond donors (Lipinski definition) is 1. The van der Waals surface area contributed by atoms with Gasteiger partial charge in [0.05, 0.1) is 11.6 Å². The van der Waals surface area contributed by atoms with Crippen molar-refractivity contribution >= 4 is 17.7 Å². The molecule has 1 aliphatic heterocycles. The van der Waals surface area contributed by atoms with E-state index in [1.54, 1.807) is 18.2 Å². The lowest BCUT2D eigenvalue weighted by molar-refractivity contribution is -0.100. The quantitative estimate of drug-likeness (QED) is 0.473. The van der Waals surface area contributed by atoms with Gasteiger partial charge in [-0.05, 0) is 29.8 Å². The minimum Gasteiger partial charge on any atom is -0.478 e. The van der Waals surface area contributed by atoms with Gasteiger partial charge in [-0.25, -0.2) is 9.18 Å². The van der Waals surface area contributed by atoms with Crippen molar-refractivity contribution in [3.63, 3.8) is 0 Å². The van der Waals surface area contributed by atoms with E-state index in [9.17, 15) is 10.1 Å². The van der Waals surface area contributed by atoms with Crippen LogP contribution in [0.1, 0.15) is 37.5 Å². The number of carbonyl (C=O) groups is 1. The Balaban J connectivity index is 1.99. The highest BCUT2D eigenvalue weighted by Gasteiger charge is 2.55. The van der Waals surface area contributed by atoms with Gasteiger partial charge >= 0.3 is 6.09 Å². The first-order valence-corrected chi connectivity index (χ1v) is 11.2. The summed E-state index contributed by atoms with van der Waals surface area (Å²) < 4.78 is 27.4. The predicted octanol–water partition coefficient (Wildman–Crippen LogP) is 6.36. The zero-order valence-electron chi connectivity index (χ0n) is 19.1. The Bertz CT molecular complexity index is 1300. The van der Waals surface area contributed by atoms with Crippen LogP contribution in [-0.4, -0.2) is 12.2 Å². The number of rotatable bonds is 4. The van der Waals surface area contributed by atoms with Gasteiger partial charge in [0.2, 0.25) is 0 Å². The maximum absolute atomic E-state index is 15.1. The zero-order chi connectivity index (χ0) is 24.7. The Morgan fingerprint density at radius 1 is 1.15 bits per heavy atom. The number of halogens is 2. The van der Waals surface area contributed by atoms with E-state index in [-0.39, 0.29) is 22.6 Å². The molecule has 0 bridgehead atoms. The van der Waals surface area contributed by atoms with Crippen molar-refractivity contribution in [3.8, 4) is 22.9 Å². The van der Waals surface area contributed by atoms with Crippen LogP contribution in [0.2, 0.25) is 5.02 Å². The van der Waals surface area contributed by atoms with E-state index in [0.29, 0.717) is 16.9 Å². The number of hydrogen-bond acceptors (Lipinski definition) is 4. The van der Waals surface area contributed by atoms with Crippen molar-refractivity contribution in [2.75, 3.05) is 0 Å². The van der Waals surface area contributed by atoms with Gasteiger partial charge in [-0.2, -0.15) is 5.26 Å². The summed E-state index contributed by atoms with van der Waals surface area (Å²) >= 11 is 6.60. The minimum absolute atomic E-state index is 0.113. The number of fused-ring (bicyclic) bond motifs is 1. The fraction of sp³-hybridized carbons (Fsp3) is 0.259. The van der Waals surface area contributed by atoms with E-state index < -0.39 is 29.0 Å². The highest BCUT2D eigenvalue weighted by atomic mass is 35.5. The first-order chi connectivity index (χ1) is 16.1. The van der Waals surface area contributed by atoms with Crippen LogP contribution < -0.4 is 10.5 Å². The van der Waals surface area contributed by atoms with E-state index in [1.165, 1.54) is 12.1 Å². The van der Waals surface area contributed by atoms with E-state index in [1.807, 2.05) is 51.1 Å². The summed E-state index contributed by atoms with van der Waals surface area (Å²) in [5.74, 6) is -0.0926. The normalized spacial score (nSPS) is 17.9. The summed E-state index contributed by atoms with van der Waals surface area (Å²) in [7, 11) is 0. The van der Waals surface area contributed by atoms with Crippen LogP contribution in [-0.2, 0) is 16.8 Å². The van der Waals surface area contributed by atoms with Gasteiger partial charge in [-0.15, -0.1) is 0 Å². The monoisotopic (exact) mass is 478 g/mol. The molecular weight excluding hydrogens is 455 g/mol. The molecule has 1 aliphatic rings. The Morgan fingerprint density at radius 3 is 2.47 bits per heavy atom. The molecule has 7 heteroatoms. The van der Waals surface area contributed by atoms with Crippen LogP contribution in [0.4, 0.5) is 9.18 Å². The largest absolute Gasteiger partial charge is 0.478 e. The van der Waals surface area contributed by atoms with Crippen LogP contribution in [0.15, 0.2) is 60.7 Å². The van der Waals surface area contributed by atoms with Crippen molar-refractivity contribution in [1.29, 1.82) is 5.26 Å². The Labute approximate surface area is 202 Å². The molecule has 3 aromatic carbocycles. The topological polar surface area (TPSA) is 85.3 Å². The van der Waals surface area contributed by atoms with Gasteiger partial charge in [0.1, 0.15) is 11.6 Å². The smallest absolute Gasteiger partial charge is 0.404 e. The molecule has 1 heterocycles. The zero-order valence-corrected chi connectivity index (χ0v) is 19.8. The van der Waals surface area contributed by atoms with E-state index in [0.717, 1.165) is 5.56 Å². The average molecular weight is 479 g/mol. The maximum Gasteiger partial charge on any atom is 0.404 e. The number of ether oxygens (including phenoxy) is 2. The van der Waals surface area contributed by atoms with Crippen LogP contribution in [0.3, 0.4) is 0 Å². The molecule has 3 aromatic rings. The Kier molecular flexibility index (Phi) is 6.01. The molecule has 4 rings (SSSR count). The van der Waals surface area contributed by atoms with Crippen LogP contribution >= 0.6 is 11.6 Å². The highest BCUT2D eigenvalue weighted by Crippen LogP contribution is 2.53. The molecule has 0 saturated carbocycles. The second kappa shape index (κ2) is 8.66. The van der Waals surface area contributed by atoms with Crippen molar-refractivity contribution in [2.24, 2.45) is 11.1 Å². The molecular formula is C27H24ClFN2O3. The lowest BCUT2D eigenvalue weighted by Gasteiger charge is -2.43. The van der Waals surface area contributed by atoms with Gasteiger partial charge < -0.3 is 15.2 Å². The van der Waals surface area contributed by atoms with Gasteiger partial charge in [0, 0.05) is 33.5 Å². The number of nitrogens with two attached hydrogens (primary N) is 1. The third-order valence-electron chi connectivity index (χ3n) is 6.04. The number of primary amides is 1. The number of amides is 1. The molecule has 0 aliphatic carbocycles. The molecule has 0 saturated heterocycles. The van der Waals surface area contributed by atoms with Crippen LogP contribution in [0.25, 0.3) is 11.1 Å². The third kappa shape index (κ3) is 3.97. The summed E-state index contributed by atoms with van der Waals surface area (Å²) in [6, 6.07) is 19.1. The molecule has 1 amide bonds. The summed E-state index contributed by atoms with van der Waals surface area (Å²) in [4.78, 5) is 12.0. The van der Waals surface area contributed by atoms with Gasteiger partial charge in [-0.1, -0.05) is 68.8 Å². The molecule has 174 valence electrons. The SMILES string of the molecule is CC(C)(C)C(OC(N)=O)C1(c2ccccc2)Cc2c(ccc(Cl)c2-c2c(F)cccc2C#N)O1. The third-order valence-corrected chi connectivity index (χ3v) is 6.36. The van der Waals surface area contributed by atoms with E-state index >= 15 is 4.39 Å². The standard InChI is InChI=1S/C27H24ClFN2O3/c1-26(2,3)24(33-25(31)32)27(17-9-5-4-6-10-17)14-18-21(34-27)13-12-19(28)23(18)22-16(15-30)8-7-11-20(22)29/h4-13,24H,14H2,1-3H3,(H2,31,32). The molecule has 2 unspecified atom stereocenters. The number of benzene rings is 3. The lowest BCUT2D eigenvalue weighted by Crippen LogP contribution is -2.53. The number of nitriles is 1. The van der Waals surface area contributed by atoms with Crippen LogP contribution in [0, 0.1) is 22.6 Å². The van der Waals surface area contributed by atoms with Crippen molar-refractivity contribution in [3.05, 3.63) is 88.2 Å². The summed E-state index contributed by atoms with van der Waals surface area (Å²) in [6.45, 7) is 5.78. The minimum atomic E-state index is -1.16. The van der Waals surface area contributed by atoms with Crippen molar-refractivity contribution < 1.29 is 18.7 Å². The van der Waals surface area contributed by atoms with Crippen molar-refractivity contribution in [1.82, 2.24) is 0 Å². The van der Waals surface area contributed by atoms with Gasteiger partial charge in [0.15, 0.2) is 11.7 Å². The highest BCUT2D eigenvalue weighted by molar-refractivity contribution is 6.33. The van der Waals surface area contributed by atoms with E-state index in [4.69, 9.17) is 26.8 Å². The van der Waals surface area contributed by atoms with Gasteiger partial charge in [0.25, 0.3) is 0 Å². The van der Waals surface area contributed by atoms with Crippen molar-refractivity contribution in [2.45, 2.75) is 38.9 Å². The number of nitrogens with zero attached hydrogens (tertiary/aromatic N) is 1. The predicted molar refractivity (Wildman–Crippen MR) is 128 cm³/mol. The van der Waals surface area contributed by atoms with Gasteiger partial charge in [-0.3, -0.25) is 0 Å². The first-order valence-electron chi connectivity index (χ1n) is 10.8. The first kappa shape index (κ1) is 23.6. The molecule has 0 aromatic heterocycles. The average Bonchev–Trinajstić information content (AvgIpc) is 3.18. The summed E-state index contributed by atoms with van der Waals surface area (Å²) in [6.07, 6.45) is -1.50. The van der Waals surface area contributed by atoms with E-state index in [2.05, 4.69) is 6.07 Å². The second-order valence-corrected chi connectivity index (χ2v) is 9.80. The Morgan fingerprint density at radius 2 is 1.85 bits per heavy atom. The molecule has 5 nitrogen and oxygen atoms in total. The molecule has 0 spiro atoms. The fourth-order valence-electron chi connectivity index (χ4n) is 4.77. The second-order valence-electron chi connectivity index (χ2n) is 9.39. The van der Waals surface area contributed by atoms with Crippen LogP contribution in [0.5, 0.6) is 5.75 Å². The summed E-state index contributed by atoms with van der Waals surface area (Å²) in [5, 5.41) is 9.94. The summed E-state index contributed by atoms with van der Waals surface area (Å²) in [5.41, 5.74) is 5.80. The molecule has 0 radical (unpaired) electrons. The number of carbonyl (C=O) groups excluding carboxylic acids is 1. The maximum atomic E-state index is 15.1. The Hall–Kier alpha value is -3.56. The molecule has 2 atom stereocenters.